The second kappa shape index (κ2) is 10.00. The molecule has 0 aliphatic rings. The highest BCUT2D eigenvalue weighted by atomic mass is 19.1. The lowest BCUT2D eigenvalue weighted by Crippen LogP contribution is -3.11. The van der Waals surface area contributed by atoms with Gasteiger partial charge in [0.05, 0.1) is 7.05 Å². The fraction of sp³-hybridized carbons (Fsp3) is 0.200. The molecule has 3 rings (SSSR count). The van der Waals surface area contributed by atoms with Gasteiger partial charge in [0.1, 0.15) is 5.82 Å². The topological polar surface area (TPSA) is 62.6 Å². The zero-order chi connectivity index (χ0) is 22.4. The maximum Gasteiger partial charge on any atom is 0.287 e. The van der Waals surface area contributed by atoms with Gasteiger partial charge < -0.3 is 15.5 Å². The van der Waals surface area contributed by atoms with Crippen molar-refractivity contribution in [3.63, 3.8) is 0 Å². The highest BCUT2D eigenvalue weighted by molar-refractivity contribution is 5.95. The van der Waals surface area contributed by atoms with Crippen LogP contribution in [-0.4, -0.2) is 25.4 Å². The molecule has 0 aromatic heterocycles. The number of hydrogen-bond donors (Lipinski definition) is 3. The van der Waals surface area contributed by atoms with Crippen LogP contribution in [0.15, 0.2) is 72.8 Å². The van der Waals surface area contributed by atoms with E-state index in [1.807, 2.05) is 69.4 Å². The summed E-state index contributed by atoms with van der Waals surface area (Å²) in [7, 11) is 1.81. The van der Waals surface area contributed by atoms with E-state index >= 15 is 0 Å². The molecule has 0 heterocycles. The third-order valence-corrected chi connectivity index (χ3v) is 5.18. The molecule has 2 amide bonds. The van der Waals surface area contributed by atoms with E-state index in [0.717, 1.165) is 27.3 Å². The van der Waals surface area contributed by atoms with Crippen LogP contribution in [0, 0.1) is 19.7 Å². The number of likely N-dealkylation sites (N-methyl/N-ethyl adjacent to an activating group) is 1. The Bertz CT molecular complexity index is 1030. The third kappa shape index (κ3) is 5.77. The summed E-state index contributed by atoms with van der Waals surface area (Å²) in [4.78, 5) is 26.6. The van der Waals surface area contributed by atoms with Gasteiger partial charge in [0.15, 0.2) is 12.6 Å². The van der Waals surface area contributed by atoms with E-state index in [1.165, 1.54) is 24.3 Å². The molecule has 5 nitrogen and oxygen atoms in total. The van der Waals surface area contributed by atoms with Gasteiger partial charge in [-0.3, -0.25) is 9.59 Å². The second-order valence-corrected chi connectivity index (χ2v) is 7.68. The molecule has 0 saturated carbocycles. The van der Waals surface area contributed by atoms with Crippen molar-refractivity contribution in [2.45, 2.75) is 19.9 Å². The summed E-state index contributed by atoms with van der Waals surface area (Å²) in [5, 5.41) is 5.81. The Balaban J connectivity index is 1.77. The first-order chi connectivity index (χ1) is 14.8. The molecule has 1 unspecified atom stereocenters. The fourth-order valence-electron chi connectivity index (χ4n) is 3.60. The zero-order valence-electron chi connectivity index (χ0n) is 17.9. The van der Waals surface area contributed by atoms with Crippen LogP contribution in [0.5, 0.6) is 0 Å². The van der Waals surface area contributed by atoms with Crippen molar-refractivity contribution < 1.29 is 18.9 Å². The van der Waals surface area contributed by atoms with Crippen molar-refractivity contribution in [2.24, 2.45) is 0 Å². The van der Waals surface area contributed by atoms with E-state index in [2.05, 4.69) is 10.6 Å². The maximum atomic E-state index is 13.2. The van der Waals surface area contributed by atoms with E-state index in [4.69, 9.17) is 0 Å². The molecule has 0 bridgehead atoms. The minimum Gasteiger partial charge on any atom is -0.321 e. The van der Waals surface area contributed by atoms with Gasteiger partial charge in [0.2, 0.25) is 0 Å². The number of hydrogen-bond acceptors (Lipinski definition) is 2. The molecule has 160 valence electrons. The minimum atomic E-state index is -0.616. The van der Waals surface area contributed by atoms with Crippen LogP contribution >= 0.6 is 0 Å². The van der Waals surface area contributed by atoms with Gasteiger partial charge in [-0.25, -0.2) is 4.39 Å². The van der Waals surface area contributed by atoms with Gasteiger partial charge in [-0.15, -0.1) is 0 Å². The van der Waals surface area contributed by atoms with Crippen molar-refractivity contribution in [2.75, 3.05) is 24.2 Å². The number of anilines is 2. The van der Waals surface area contributed by atoms with Crippen LogP contribution in [0.3, 0.4) is 0 Å². The van der Waals surface area contributed by atoms with Crippen LogP contribution in [-0.2, 0) is 9.59 Å². The van der Waals surface area contributed by atoms with Crippen LogP contribution in [0.1, 0.15) is 22.7 Å². The Kier molecular flexibility index (Phi) is 7.15. The average molecular weight is 421 g/mol. The predicted molar refractivity (Wildman–Crippen MR) is 121 cm³/mol. The number of benzene rings is 3. The lowest BCUT2D eigenvalue weighted by molar-refractivity contribution is -0.893. The Morgan fingerprint density at radius 2 is 1.48 bits per heavy atom. The van der Waals surface area contributed by atoms with Gasteiger partial charge in [-0.05, 0) is 49.2 Å². The number of halogens is 1. The molecule has 0 saturated heterocycles. The summed E-state index contributed by atoms with van der Waals surface area (Å²) >= 11 is 0. The van der Waals surface area contributed by atoms with Gasteiger partial charge in [-0.1, -0.05) is 48.5 Å². The second-order valence-electron chi connectivity index (χ2n) is 7.68. The SMILES string of the molecule is Cc1cccc(C)c1NC(=O)C[NH+](C)[C@H](C(=O)Nc1ccc(F)cc1)c1ccccc1. The Morgan fingerprint density at radius 1 is 0.871 bits per heavy atom. The van der Waals surface area contributed by atoms with Crippen LogP contribution in [0.25, 0.3) is 0 Å². The Hall–Kier alpha value is -3.51. The van der Waals surface area contributed by atoms with Gasteiger partial charge in [0.25, 0.3) is 11.8 Å². The number of nitrogens with one attached hydrogen (secondary N) is 3. The highest BCUT2D eigenvalue weighted by Crippen LogP contribution is 2.19. The number of rotatable bonds is 7. The lowest BCUT2D eigenvalue weighted by Gasteiger charge is -2.24. The molecule has 2 atom stereocenters. The van der Waals surface area contributed by atoms with E-state index in [9.17, 15) is 14.0 Å². The molecule has 3 N–H and O–H groups in total. The Labute approximate surface area is 181 Å². The van der Waals surface area contributed by atoms with E-state index in [0.29, 0.717) is 5.69 Å². The first kappa shape index (κ1) is 22.2. The van der Waals surface area contributed by atoms with E-state index < -0.39 is 6.04 Å². The normalized spacial score (nSPS) is 12.6. The summed E-state index contributed by atoms with van der Waals surface area (Å²) in [6, 6.07) is 20.2. The number of carbonyl (C=O) groups is 2. The van der Waals surface area contributed by atoms with E-state index in [-0.39, 0.29) is 24.2 Å². The molecular weight excluding hydrogens is 393 g/mol. The minimum absolute atomic E-state index is 0.101. The number of aryl methyl sites for hydroxylation is 2. The van der Waals surface area contributed by atoms with Crippen molar-refractivity contribution >= 4 is 23.2 Å². The molecule has 3 aromatic carbocycles. The highest BCUT2D eigenvalue weighted by Gasteiger charge is 2.30. The molecule has 0 fully saturated rings. The maximum absolute atomic E-state index is 13.2. The van der Waals surface area contributed by atoms with Gasteiger partial charge in [0, 0.05) is 16.9 Å². The van der Waals surface area contributed by atoms with Crippen LogP contribution < -0.4 is 15.5 Å². The van der Waals surface area contributed by atoms with Crippen molar-refractivity contribution in [3.05, 3.63) is 95.3 Å². The largest absolute Gasteiger partial charge is 0.321 e. The number of carbonyl (C=O) groups excluding carboxylic acids is 2. The summed E-state index contributed by atoms with van der Waals surface area (Å²) in [6.07, 6.45) is 0. The predicted octanol–water partition coefficient (Wildman–Crippen LogP) is 3.28. The first-order valence-electron chi connectivity index (χ1n) is 10.1. The number of quaternary nitrogens is 1. The van der Waals surface area contributed by atoms with Gasteiger partial charge in [-0.2, -0.15) is 0 Å². The molecule has 0 radical (unpaired) electrons. The number of para-hydroxylation sites is 1. The molecule has 0 spiro atoms. The molecule has 31 heavy (non-hydrogen) atoms. The summed E-state index contributed by atoms with van der Waals surface area (Å²) in [5.41, 5.74) is 4.06. The third-order valence-electron chi connectivity index (χ3n) is 5.18. The monoisotopic (exact) mass is 420 g/mol. The first-order valence-corrected chi connectivity index (χ1v) is 10.1. The van der Waals surface area contributed by atoms with Crippen molar-refractivity contribution in [1.82, 2.24) is 0 Å². The summed E-state index contributed by atoms with van der Waals surface area (Å²) in [5.74, 6) is -0.816. The molecule has 6 heteroatoms. The average Bonchev–Trinajstić information content (AvgIpc) is 2.73. The summed E-state index contributed by atoms with van der Waals surface area (Å²) < 4.78 is 13.2. The lowest BCUT2D eigenvalue weighted by atomic mass is 10.0. The quantitative estimate of drug-likeness (QED) is 0.549. The number of amides is 2. The smallest absolute Gasteiger partial charge is 0.287 e. The van der Waals surface area contributed by atoms with Crippen molar-refractivity contribution in [1.29, 1.82) is 0 Å². The van der Waals surface area contributed by atoms with Crippen LogP contribution in [0.4, 0.5) is 15.8 Å². The Morgan fingerprint density at radius 3 is 2.10 bits per heavy atom. The van der Waals surface area contributed by atoms with Crippen molar-refractivity contribution in [3.8, 4) is 0 Å². The molecule has 3 aromatic rings. The van der Waals surface area contributed by atoms with E-state index in [1.54, 1.807) is 0 Å². The van der Waals surface area contributed by atoms with Crippen LogP contribution in [0.2, 0.25) is 0 Å². The zero-order valence-corrected chi connectivity index (χ0v) is 17.9. The standard InChI is InChI=1S/C25H26FN3O2/c1-17-8-7-9-18(2)23(17)28-22(30)16-29(3)24(19-10-5-4-6-11-19)25(31)27-21-14-12-20(26)13-15-21/h4-15,24H,16H2,1-3H3,(H,27,31)(H,28,30)/p+1/t24-/m0/s1. The molecular formula is C25H27FN3O2+. The fourth-order valence-corrected chi connectivity index (χ4v) is 3.60. The molecule has 0 aliphatic heterocycles. The summed E-state index contributed by atoms with van der Waals surface area (Å²) in [6.45, 7) is 3.99. The molecule has 0 aliphatic carbocycles. The van der Waals surface area contributed by atoms with Gasteiger partial charge >= 0.3 is 0 Å².